The number of benzene rings is 1. The third-order valence-electron chi connectivity index (χ3n) is 2.30. The number of hydrogen-bond acceptors (Lipinski definition) is 6. The fourth-order valence-corrected chi connectivity index (χ4v) is 2.68. The first-order valence-electron chi connectivity index (χ1n) is 5.47. The summed E-state index contributed by atoms with van der Waals surface area (Å²) in [7, 11) is 2.36. The number of nitrogens with one attached hydrogen (secondary N) is 1. The van der Waals surface area contributed by atoms with Crippen molar-refractivity contribution in [3.8, 4) is 6.07 Å². The van der Waals surface area contributed by atoms with Crippen molar-refractivity contribution in [3.63, 3.8) is 0 Å². The van der Waals surface area contributed by atoms with Gasteiger partial charge in [-0.25, -0.2) is 9.59 Å². The summed E-state index contributed by atoms with van der Waals surface area (Å²) in [6.07, 6.45) is 0.946. The van der Waals surface area contributed by atoms with Gasteiger partial charge in [0.2, 0.25) is 0 Å². The lowest BCUT2D eigenvalue weighted by atomic mass is 10.2. The largest absolute Gasteiger partial charge is 0.466 e. The summed E-state index contributed by atoms with van der Waals surface area (Å²) in [6, 6.07) is 5.25. The standard InChI is InChI=1S/C13H10Br2N2O4/c1-20-11(18)5-10(13(19)21-2)17-12-7(6-16)3-8(14)4-9(12)15/h3-5,17H,1-2H3/b10-5+. The zero-order valence-electron chi connectivity index (χ0n) is 11.1. The molecule has 110 valence electrons. The average molecular weight is 418 g/mol. The zero-order chi connectivity index (χ0) is 16.0. The first-order valence-corrected chi connectivity index (χ1v) is 7.05. The number of carbonyl (C=O) groups excluding carboxylic acids is 2. The van der Waals surface area contributed by atoms with Crippen LogP contribution in [0.25, 0.3) is 0 Å². The summed E-state index contributed by atoms with van der Waals surface area (Å²) in [5, 5.41) is 11.9. The van der Waals surface area contributed by atoms with Crippen LogP contribution in [0.5, 0.6) is 0 Å². The van der Waals surface area contributed by atoms with Crippen LogP contribution in [0.4, 0.5) is 5.69 Å². The number of nitrogens with zero attached hydrogens (tertiary/aromatic N) is 1. The molecule has 1 aromatic rings. The second-order valence-corrected chi connectivity index (χ2v) is 5.39. The quantitative estimate of drug-likeness (QED) is 0.598. The van der Waals surface area contributed by atoms with Crippen molar-refractivity contribution in [2.45, 2.75) is 0 Å². The SMILES string of the molecule is COC(=O)/C=C(/Nc1c(Br)cc(Br)cc1C#N)C(=O)OC. The van der Waals surface area contributed by atoms with Crippen molar-refractivity contribution >= 4 is 49.5 Å². The number of carbonyl (C=O) groups is 2. The van der Waals surface area contributed by atoms with Gasteiger partial charge >= 0.3 is 11.9 Å². The first kappa shape index (κ1) is 17.2. The van der Waals surface area contributed by atoms with Crippen LogP contribution in [0.2, 0.25) is 0 Å². The molecule has 0 saturated carbocycles. The second-order valence-electron chi connectivity index (χ2n) is 3.62. The highest BCUT2D eigenvalue weighted by molar-refractivity contribution is 9.11. The molecule has 0 aliphatic rings. The van der Waals surface area contributed by atoms with E-state index in [1.165, 1.54) is 14.2 Å². The fourth-order valence-electron chi connectivity index (χ4n) is 1.36. The lowest BCUT2D eigenvalue weighted by Crippen LogP contribution is -2.16. The molecule has 0 bridgehead atoms. The van der Waals surface area contributed by atoms with Crippen LogP contribution in [-0.2, 0) is 19.1 Å². The Balaban J connectivity index is 3.28. The van der Waals surface area contributed by atoms with Crippen LogP contribution in [-0.4, -0.2) is 26.2 Å². The van der Waals surface area contributed by atoms with E-state index in [2.05, 4.69) is 46.7 Å². The average Bonchev–Trinajstić information content (AvgIpc) is 2.47. The van der Waals surface area contributed by atoms with E-state index >= 15 is 0 Å². The van der Waals surface area contributed by atoms with E-state index in [-0.39, 0.29) is 11.3 Å². The predicted octanol–water partition coefficient (Wildman–Crippen LogP) is 2.73. The van der Waals surface area contributed by atoms with Gasteiger partial charge in [0, 0.05) is 8.95 Å². The summed E-state index contributed by atoms with van der Waals surface area (Å²) in [4.78, 5) is 23.0. The second kappa shape index (κ2) is 7.81. The van der Waals surface area contributed by atoms with Crippen molar-refractivity contribution in [2.75, 3.05) is 19.5 Å². The van der Waals surface area contributed by atoms with Gasteiger partial charge < -0.3 is 14.8 Å². The number of anilines is 1. The Bertz CT molecular complexity index is 650. The van der Waals surface area contributed by atoms with E-state index in [0.717, 1.165) is 6.08 Å². The van der Waals surface area contributed by atoms with Crippen molar-refractivity contribution in [3.05, 3.63) is 38.4 Å². The van der Waals surface area contributed by atoms with E-state index < -0.39 is 11.9 Å². The smallest absolute Gasteiger partial charge is 0.354 e. The molecular formula is C13H10Br2N2O4. The van der Waals surface area contributed by atoms with Gasteiger partial charge in [-0.05, 0) is 28.1 Å². The molecule has 8 heteroatoms. The van der Waals surface area contributed by atoms with E-state index in [9.17, 15) is 9.59 Å². The van der Waals surface area contributed by atoms with Gasteiger partial charge in [-0.15, -0.1) is 0 Å². The van der Waals surface area contributed by atoms with Crippen molar-refractivity contribution < 1.29 is 19.1 Å². The van der Waals surface area contributed by atoms with Crippen LogP contribution in [0.15, 0.2) is 32.9 Å². The number of rotatable bonds is 4. The Morgan fingerprint density at radius 2 is 1.95 bits per heavy atom. The molecule has 0 heterocycles. The topological polar surface area (TPSA) is 88.4 Å². The first-order chi connectivity index (χ1) is 9.92. The third-order valence-corrected chi connectivity index (χ3v) is 3.39. The van der Waals surface area contributed by atoms with Crippen LogP contribution >= 0.6 is 31.9 Å². The number of halogens is 2. The van der Waals surface area contributed by atoms with Crippen LogP contribution in [0, 0.1) is 11.3 Å². The minimum atomic E-state index is -0.765. The molecule has 0 aliphatic heterocycles. The number of esters is 2. The summed E-state index contributed by atoms with van der Waals surface area (Å²) >= 11 is 6.54. The number of ether oxygens (including phenoxy) is 2. The Hall–Kier alpha value is -1.85. The molecule has 21 heavy (non-hydrogen) atoms. The van der Waals surface area contributed by atoms with Crippen molar-refractivity contribution in [1.82, 2.24) is 0 Å². The van der Waals surface area contributed by atoms with Crippen LogP contribution in [0.3, 0.4) is 0 Å². The Morgan fingerprint density at radius 1 is 1.29 bits per heavy atom. The lowest BCUT2D eigenvalue weighted by Gasteiger charge is -2.12. The maximum atomic E-state index is 11.7. The molecule has 0 amide bonds. The Kier molecular flexibility index (Phi) is 6.39. The van der Waals surface area contributed by atoms with Crippen LogP contribution in [0.1, 0.15) is 5.56 Å². The van der Waals surface area contributed by atoms with Gasteiger partial charge in [-0.2, -0.15) is 5.26 Å². The van der Waals surface area contributed by atoms with Crippen molar-refractivity contribution in [1.29, 1.82) is 5.26 Å². The van der Waals surface area contributed by atoms with Gasteiger partial charge in [0.05, 0.1) is 31.5 Å². The zero-order valence-corrected chi connectivity index (χ0v) is 14.2. The van der Waals surface area contributed by atoms with Crippen molar-refractivity contribution in [2.24, 2.45) is 0 Å². The monoisotopic (exact) mass is 416 g/mol. The van der Waals surface area contributed by atoms with E-state index in [0.29, 0.717) is 14.6 Å². The molecule has 1 N–H and O–H groups in total. The maximum Gasteiger partial charge on any atom is 0.354 e. The van der Waals surface area contributed by atoms with Gasteiger partial charge in [0.25, 0.3) is 0 Å². The fraction of sp³-hybridized carbons (Fsp3) is 0.154. The molecule has 0 unspecified atom stereocenters. The predicted molar refractivity (Wildman–Crippen MR) is 82.3 cm³/mol. The highest BCUT2D eigenvalue weighted by Gasteiger charge is 2.17. The highest BCUT2D eigenvalue weighted by atomic mass is 79.9. The molecule has 1 rings (SSSR count). The van der Waals surface area contributed by atoms with Gasteiger partial charge in [0.15, 0.2) is 0 Å². The molecule has 0 spiro atoms. The van der Waals surface area contributed by atoms with E-state index in [1.54, 1.807) is 12.1 Å². The van der Waals surface area contributed by atoms with Gasteiger partial charge in [-0.1, -0.05) is 15.9 Å². The molecule has 0 atom stereocenters. The molecular weight excluding hydrogens is 408 g/mol. The van der Waals surface area contributed by atoms with Gasteiger partial charge in [-0.3, -0.25) is 0 Å². The third kappa shape index (κ3) is 4.58. The molecule has 0 saturated heterocycles. The molecule has 0 radical (unpaired) electrons. The van der Waals surface area contributed by atoms with Crippen LogP contribution < -0.4 is 5.32 Å². The minimum Gasteiger partial charge on any atom is -0.466 e. The minimum absolute atomic E-state index is 0.149. The van der Waals surface area contributed by atoms with E-state index in [1.807, 2.05) is 6.07 Å². The molecule has 6 nitrogen and oxygen atoms in total. The van der Waals surface area contributed by atoms with E-state index in [4.69, 9.17) is 5.26 Å². The Morgan fingerprint density at radius 3 is 2.48 bits per heavy atom. The number of hydrogen-bond donors (Lipinski definition) is 1. The Labute approximate surface area is 138 Å². The molecule has 1 aromatic carbocycles. The maximum absolute atomic E-state index is 11.7. The molecule has 0 aliphatic carbocycles. The lowest BCUT2D eigenvalue weighted by molar-refractivity contribution is -0.138. The number of methoxy groups -OCH3 is 2. The normalized spacial score (nSPS) is 10.5. The highest BCUT2D eigenvalue weighted by Crippen LogP contribution is 2.31. The summed E-state index contributed by atoms with van der Waals surface area (Å²) < 4.78 is 10.3. The number of nitriles is 1. The summed E-state index contributed by atoms with van der Waals surface area (Å²) in [5.41, 5.74) is 0.459. The molecule has 0 fully saturated rings. The van der Waals surface area contributed by atoms with Gasteiger partial charge in [0.1, 0.15) is 11.8 Å². The summed E-state index contributed by atoms with van der Waals surface area (Å²) in [6.45, 7) is 0. The molecule has 0 aromatic heterocycles. The summed E-state index contributed by atoms with van der Waals surface area (Å²) in [5.74, 6) is -1.49.